The van der Waals surface area contributed by atoms with Crippen molar-refractivity contribution in [2.24, 2.45) is 0 Å². The summed E-state index contributed by atoms with van der Waals surface area (Å²) in [5.74, 6) is -0.910. The fraction of sp³-hybridized carbons (Fsp3) is 0.333. The van der Waals surface area contributed by atoms with Gasteiger partial charge in [-0.3, -0.25) is 0 Å². The molecule has 7 heteroatoms. The molecule has 0 radical (unpaired) electrons. The van der Waals surface area contributed by atoms with E-state index in [4.69, 9.17) is 0 Å². The third-order valence-electron chi connectivity index (χ3n) is 2.65. The van der Waals surface area contributed by atoms with Crippen LogP contribution in [0.1, 0.15) is 27.2 Å². The normalized spacial score (nSPS) is 14.0. The van der Waals surface area contributed by atoms with Gasteiger partial charge in [-0.05, 0) is 30.0 Å². The standard InChI is InChI=1S/C9H8N4O2S/c14-9(15)7-5-2-1-3-6(5)16-8(7)13-11-4-10-12-13/h4H,1-3H2,(H,14,15). The van der Waals surface area contributed by atoms with Crippen LogP contribution < -0.4 is 0 Å². The Balaban J connectivity index is 2.22. The zero-order valence-electron chi connectivity index (χ0n) is 8.25. The van der Waals surface area contributed by atoms with Crippen molar-refractivity contribution in [3.05, 3.63) is 22.3 Å². The first-order valence-electron chi connectivity index (χ1n) is 4.88. The summed E-state index contributed by atoms with van der Waals surface area (Å²) in [6, 6.07) is 0. The van der Waals surface area contributed by atoms with Gasteiger partial charge in [-0.2, -0.15) is 0 Å². The molecule has 2 aromatic heterocycles. The van der Waals surface area contributed by atoms with Gasteiger partial charge in [0.1, 0.15) is 5.56 Å². The van der Waals surface area contributed by atoms with E-state index < -0.39 is 5.97 Å². The van der Waals surface area contributed by atoms with E-state index in [1.54, 1.807) is 0 Å². The first-order valence-corrected chi connectivity index (χ1v) is 5.70. The molecule has 1 aliphatic rings. The summed E-state index contributed by atoms with van der Waals surface area (Å²) >= 11 is 1.45. The second-order valence-corrected chi connectivity index (χ2v) is 4.65. The SMILES string of the molecule is O=C(O)c1c(-n2ncnn2)sc2c1CCC2. The molecule has 0 bridgehead atoms. The van der Waals surface area contributed by atoms with Gasteiger partial charge in [0.05, 0.1) is 0 Å². The van der Waals surface area contributed by atoms with Gasteiger partial charge in [-0.25, -0.2) is 4.79 Å². The molecule has 1 aliphatic carbocycles. The highest BCUT2D eigenvalue weighted by molar-refractivity contribution is 7.15. The van der Waals surface area contributed by atoms with Crippen molar-refractivity contribution >= 4 is 17.3 Å². The van der Waals surface area contributed by atoms with E-state index in [9.17, 15) is 9.90 Å². The fourth-order valence-electron chi connectivity index (χ4n) is 2.01. The molecule has 2 heterocycles. The van der Waals surface area contributed by atoms with Crippen LogP contribution in [0, 0.1) is 0 Å². The van der Waals surface area contributed by atoms with Crippen molar-refractivity contribution in [2.45, 2.75) is 19.3 Å². The van der Waals surface area contributed by atoms with E-state index >= 15 is 0 Å². The molecule has 0 saturated carbocycles. The van der Waals surface area contributed by atoms with Crippen LogP contribution in [0.15, 0.2) is 6.33 Å². The number of carboxylic acid groups (broad SMARTS) is 1. The Kier molecular flexibility index (Phi) is 2.00. The molecular formula is C9H8N4O2S. The lowest BCUT2D eigenvalue weighted by Gasteiger charge is -1.98. The fourth-order valence-corrected chi connectivity index (χ4v) is 3.30. The predicted octanol–water partition coefficient (Wildman–Crippen LogP) is 0.911. The lowest BCUT2D eigenvalue weighted by atomic mass is 10.1. The first kappa shape index (κ1) is 9.46. The number of tetrazole rings is 1. The Hall–Kier alpha value is -1.76. The van der Waals surface area contributed by atoms with Crippen LogP contribution in [0.4, 0.5) is 0 Å². The number of rotatable bonds is 2. The number of aromatic nitrogens is 4. The van der Waals surface area contributed by atoms with Crippen LogP contribution in [0.5, 0.6) is 0 Å². The van der Waals surface area contributed by atoms with E-state index in [-0.39, 0.29) is 0 Å². The Morgan fingerprint density at radius 3 is 3.06 bits per heavy atom. The second-order valence-electron chi connectivity index (χ2n) is 3.57. The minimum atomic E-state index is -0.910. The van der Waals surface area contributed by atoms with Crippen molar-refractivity contribution in [3.63, 3.8) is 0 Å². The van der Waals surface area contributed by atoms with Crippen molar-refractivity contribution in [2.75, 3.05) is 0 Å². The molecule has 0 amide bonds. The Labute approximate surface area is 94.5 Å². The Bertz CT molecular complexity index is 546. The molecule has 0 aromatic carbocycles. The number of thiophene rings is 1. The largest absolute Gasteiger partial charge is 0.478 e. The average Bonchev–Trinajstić information content (AvgIpc) is 2.92. The monoisotopic (exact) mass is 236 g/mol. The maximum absolute atomic E-state index is 11.3. The van der Waals surface area contributed by atoms with Gasteiger partial charge < -0.3 is 5.11 Å². The molecule has 82 valence electrons. The van der Waals surface area contributed by atoms with Crippen molar-refractivity contribution in [1.82, 2.24) is 20.2 Å². The van der Waals surface area contributed by atoms with Crippen molar-refractivity contribution < 1.29 is 9.90 Å². The van der Waals surface area contributed by atoms with E-state index in [0.717, 1.165) is 29.7 Å². The van der Waals surface area contributed by atoms with Gasteiger partial charge in [-0.15, -0.1) is 26.3 Å². The number of aromatic carboxylic acids is 1. The molecular weight excluding hydrogens is 228 g/mol. The molecule has 3 rings (SSSR count). The Morgan fingerprint density at radius 1 is 1.50 bits per heavy atom. The third kappa shape index (κ3) is 1.25. The van der Waals surface area contributed by atoms with Gasteiger partial charge in [0.15, 0.2) is 11.3 Å². The number of hydrogen-bond acceptors (Lipinski definition) is 5. The van der Waals surface area contributed by atoms with Crippen molar-refractivity contribution in [1.29, 1.82) is 0 Å². The van der Waals surface area contributed by atoms with Gasteiger partial charge in [0, 0.05) is 4.88 Å². The van der Waals surface area contributed by atoms with Crippen LogP contribution in [0.3, 0.4) is 0 Å². The van der Waals surface area contributed by atoms with E-state index in [1.165, 1.54) is 22.5 Å². The predicted molar refractivity (Wildman–Crippen MR) is 56.0 cm³/mol. The maximum Gasteiger partial charge on any atom is 0.339 e. The molecule has 0 atom stereocenters. The second kappa shape index (κ2) is 3.38. The molecule has 0 spiro atoms. The zero-order chi connectivity index (χ0) is 11.1. The molecule has 6 nitrogen and oxygen atoms in total. The molecule has 16 heavy (non-hydrogen) atoms. The van der Waals surface area contributed by atoms with E-state index in [1.807, 2.05) is 0 Å². The summed E-state index contributed by atoms with van der Waals surface area (Å²) in [6.45, 7) is 0. The summed E-state index contributed by atoms with van der Waals surface area (Å²) < 4.78 is 0. The summed E-state index contributed by atoms with van der Waals surface area (Å²) in [5.41, 5.74) is 1.29. The lowest BCUT2D eigenvalue weighted by molar-refractivity contribution is 0.0696. The van der Waals surface area contributed by atoms with Crippen LogP contribution in [-0.2, 0) is 12.8 Å². The number of aryl methyl sites for hydroxylation is 1. The molecule has 0 fully saturated rings. The number of hydrogen-bond donors (Lipinski definition) is 1. The number of carbonyl (C=O) groups is 1. The van der Waals surface area contributed by atoms with Crippen LogP contribution in [0.2, 0.25) is 0 Å². The van der Waals surface area contributed by atoms with E-state index in [2.05, 4.69) is 15.4 Å². The number of carboxylic acids is 1. The number of nitrogens with zero attached hydrogens (tertiary/aromatic N) is 4. The van der Waals surface area contributed by atoms with Crippen LogP contribution in [-0.4, -0.2) is 31.3 Å². The molecule has 0 unspecified atom stereocenters. The highest BCUT2D eigenvalue weighted by Gasteiger charge is 2.27. The maximum atomic E-state index is 11.3. The summed E-state index contributed by atoms with van der Waals surface area (Å²) in [6.07, 6.45) is 4.13. The van der Waals surface area contributed by atoms with Crippen molar-refractivity contribution in [3.8, 4) is 5.00 Å². The van der Waals surface area contributed by atoms with Gasteiger partial charge >= 0.3 is 5.97 Å². The van der Waals surface area contributed by atoms with Crippen LogP contribution in [0.25, 0.3) is 5.00 Å². The zero-order valence-corrected chi connectivity index (χ0v) is 9.07. The smallest absolute Gasteiger partial charge is 0.339 e. The van der Waals surface area contributed by atoms with E-state index in [0.29, 0.717) is 10.6 Å². The molecule has 2 aromatic rings. The quantitative estimate of drug-likeness (QED) is 0.838. The highest BCUT2D eigenvalue weighted by Crippen LogP contribution is 2.36. The minimum Gasteiger partial charge on any atom is -0.478 e. The molecule has 0 aliphatic heterocycles. The summed E-state index contributed by atoms with van der Waals surface area (Å²) in [4.78, 5) is 13.7. The minimum absolute atomic E-state index is 0.343. The lowest BCUT2D eigenvalue weighted by Crippen LogP contribution is -2.06. The number of fused-ring (bicyclic) bond motifs is 1. The first-order chi connectivity index (χ1) is 7.77. The Morgan fingerprint density at radius 2 is 2.38 bits per heavy atom. The highest BCUT2D eigenvalue weighted by atomic mass is 32.1. The summed E-state index contributed by atoms with van der Waals surface area (Å²) in [7, 11) is 0. The van der Waals surface area contributed by atoms with Gasteiger partial charge in [0.2, 0.25) is 0 Å². The van der Waals surface area contributed by atoms with Gasteiger partial charge in [-0.1, -0.05) is 0 Å². The van der Waals surface area contributed by atoms with Gasteiger partial charge in [0.25, 0.3) is 0 Å². The van der Waals surface area contributed by atoms with Crippen LogP contribution >= 0.6 is 11.3 Å². The third-order valence-corrected chi connectivity index (χ3v) is 3.90. The average molecular weight is 236 g/mol. The topological polar surface area (TPSA) is 80.9 Å². The molecule has 0 saturated heterocycles. The summed E-state index contributed by atoms with van der Waals surface area (Å²) in [5, 5.41) is 21.0. The molecule has 1 N–H and O–H groups in total.